The zero-order valence-electron chi connectivity index (χ0n) is 16.3. The lowest BCUT2D eigenvalue weighted by Crippen LogP contribution is -2.16. The molecule has 5 heteroatoms. The van der Waals surface area contributed by atoms with Crippen LogP contribution in [0.1, 0.15) is 42.1 Å². The van der Waals surface area contributed by atoms with E-state index in [0.717, 1.165) is 35.0 Å². The number of benzene rings is 2. The van der Waals surface area contributed by atoms with Crippen molar-refractivity contribution in [3.63, 3.8) is 0 Å². The summed E-state index contributed by atoms with van der Waals surface area (Å²) in [6.45, 7) is 5.22. The summed E-state index contributed by atoms with van der Waals surface area (Å²) >= 11 is 1.47. The number of ether oxygens (including phenoxy) is 1. The van der Waals surface area contributed by atoms with Crippen LogP contribution < -0.4 is 9.54 Å². The molecule has 1 amide bonds. The maximum Gasteiger partial charge on any atom is 0.279 e. The number of aromatic nitrogens is 1. The summed E-state index contributed by atoms with van der Waals surface area (Å²) in [5.41, 5.74) is 2.66. The molecule has 0 N–H and O–H groups in total. The van der Waals surface area contributed by atoms with Crippen LogP contribution in [-0.2, 0) is 6.54 Å². The Balaban J connectivity index is 1.90. The summed E-state index contributed by atoms with van der Waals surface area (Å²) in [6, 6.07) is 13.3. The molecule has 0 aliphatic rings. The Morgan fingerprint density at radius 2 is 2.11 bits per heavy atom. The largest absolute Gasteiger partial charge is 0.494 e. The van der Waals surface area contributed by atoms with Gasteiger partial charge in [-0.15, -0.1) is 6.42 Å². The van der Waals surface area contributed by atoms with E-state index in [-0.39, 0.29) is 5.91 Å². The highest BCUT2D eigenvalue weighted by atomic mass is 32.1. The molecular formula is C23H24N2O2S. The Bertz CT molecular complexity index is 1090. The molecule has 3 aromatic rings. The molecule has 0 aliphatic carbocycles. The average molecular weight is 393 g/mol. The first-order chi connectivity index (χ1) is 13.6. The molecule has 0 bridgehead atoms. The molecule has 1 heterocycles. The number of fused-ring (bicyclic) bond motifs is 1. The molecule has 0 aliphatic heterocycles. The quantitative estimate of drug-likeness (QED) is 0.422. The maximum atomic E-state index is 12.8. The summed E-state index contributed by atoms with van der Waals surface area (Å²) in [5, 5.41) is 0. The van der Waals surface area contributed by atoms with Crippen molar-refractivity contribution in [2.45, 2.75) is 39.7 Å². The van der Waals surface area contributed by atoms with E-state index >= 15 is 0 Å². The molecule has 0 radical (unpaired) electrons. The van der Waals surface area contributed by atoms with E-state index < -0.39 is 0 Å². The standard InChI is InChI=1S/C23H24N2O2S/c1-4-6-7-14-27-19-10-8-9-18(16-19)22(26)24-23-25(13-5-2)20-12-11-17(3)15-21(20)28-23/h2,8-12,15-16H,4,6-7,13-14H2,1,3H3. The van der Waals surface area contributed by atoms with Crippen LogP contribution in [-0.4, -0.2) is 17.1 Å². The second-order valence-corrected chi connectivity index (χ2v) is 7.66. The Hall–Kier alpha value is -2.84. The van der Waals surface area contributed by atoms with Crippen molar-refractivity contribution >= 4 is 27.5 Å². The lowest BCUT2D eigenvalue weighted by molar-refractivity contribution is 0.0997. The van der Waals surface area contributed by atoms with Gasteiger partial charge in [-0.1, -0.05) is 49.2 Å². The highest BCUT2D eigenvalue weighted by molar-refractivity contribution is 7.16. The van der Waals surface area contributed by atoms with Gasteiger partial charge in [0.05, 0.1) is 23.4 Å². The van der Waals surface area contributed by atoms with Crippen molar-refractivity contribution in [1.82, 2.24) is 4.57 Å². The molecular weight excluding hydrogens is 368 g/mol. The van der Waals surface area contributed by atoms with Crippen LogP contribution in [0.2, 0.25) is 0 Å². The molecule has 144 valence electrons. The van der Waals surface area contributed by atoms with Gasteiger partial charge in [-0.2, -0.15) is 4.99 Å². The van der Waals surface area contributed by atoms with E-state index in [2.05, 4.69) is 23.9 Å². The number of terminal acetylenes is 1. The minimum absolute atomic E-state index is 0.298. The highest BCUT2D eigenvalue weighted by Gasteiger charge is 2.10. The zero-order valence-corrected chi connectivity index (χ0v) is 17.1. The number of thiazole rings is 1. The molecule has 4 nitrogen and oxygen atoms in total. The van der Waals surface area contributed by atoms with Gasteiger partial charge in [0.1, 0.15) is 5.75 Å². The number of carbonyl (C=O) groups is 1. The van der Waals surface area contributed by atoms with E-state index in [9.17, 15) is 4.79 Å². The van der Waals surface area contributed by atoms with E-state index in [1.165, 1.54) is 11.3 Å². The molecule has 0 unspecified atom stereocenters. The fourth-order valence-corrected chi connectivity index (χ4v) is 4.05. The van der Waals surface area contributed by atoms with Crippen molar-refractivity contribution in [2.75, 3.05) is 6.61 Å². The first-order valence-electron chi connectivity index (χ1n) is 9.47. The van der Waals surface area contributed by atoms with Gasteiger partial charge in [0.25, 0.3) is 5.91 Å². The molecule has 0 fully saturated rings. The average Bonchev–Trinajstić information content (AvgIpc) is 3.02. The summed E-state index contributed by atoms with van der Waals surface area (Å²) in [6.07, 6.45) is 8.82. The third kappa shape index (κ3) is 4.71. The van der Waals surface area contributed by atoms with Crippen LogP contribution in [0, 0.1) is 19.3 Å². The van der Waals surface area contributed by atoms with Crippen molar-refractivity contribution in [1.29, 1.82) is 0 Å². The molecule has 1 aromatic heterocycles. The number of carbonyl (C=O) groups excluding carboxylic acids is 1. The monoisotopic (exact) mass is 392 g/mol. The zero-order chi connectivity index (χ0) is 19.9. The van der Waals surface area contributed by atoms with Crippen LogP contribution in [0.5, 0.6) is 5.75 Å². The minimum atomic E-state index is -0.298. The third-order valence-electron chi connectivity index (χ3n) is 4.38. The predicted molar refractivity (Wildman–Crippen MR) is 115 cm³/mol. The second kappa shape index (κ2) is 9.38. The molecule has 0 spiro atoms. The van der Waals surface area contributed by atoms with Crippen LogP contribution in [0.15, 0.2) is 47.5 Å². The Labute approximate surface area is 169 Å². The van der Waals surface area contributed by atoms with Crippen LogP contribution in [0.25, 0.3) is 10.2 Å². The topological polar surface area (TPSA) is 43.6 Å². The lowest BCUT2D eigenvalue weighted by atomic mass is 10.2. The maximum absolute atomic E-state index is 12.8. The van der Waals surface area contributed by atoms with Crippen LogP contribution >= 0.6 is 11.3 Å². The fourth-order valence-electron chi connectivity index (χ4n) is 2.92. The van der Waals surface area contributed by atoms with E-state index in [1.807, 2.05) is 35.8 Å². The van der Waals surface area contributed by atoms with Gasteiger partial charge in [0.2, 0.25) is 0 Å². The normalized spacial score (nSPS) is 11.5. The first kappa shape index (κ1) is 19.9. The van der Waals surface area contributed by atoms with Crippen molar-refractivity contribution in [2.24, 2.45) is 4.99 Å². The molecule has 2 aromatic carbocycles. The van der Waals surface area contributed by atoms with Gasteiger partial charge < -0.3 is 9.30 Å². The number of nitrogens with zero attached hydrogens (tertiary/aromatic N) is 2. The van der Waals surface area contributed by atoms with Crippen LogP contribution in [0.3, 0.4) is 0 Å². The third-order valence-corrected chi connectivity index (χ3v) is 5.42. The van der Waals surface area contributed by atoms with Gasteiger partial charge in [-0.3, -0.25) is 4.79 Å². The van der Waals surface area contributed by atoms with Crippen molar-refractivity contribution in [3.8, 4) is 18.1 Å². The Morgan fingerprint density at radius 1 is 1.25 bits per heavy atom. The second-order valence-electron chi connectivity index (χ2n) is 6.65. The van der Waals surface area contributed by atoms with Gasteiger partial charge in [-0.25, -0.2) is 0 Å². The number of unbranched alkanes of at least 4 members (excludes halogenated alkanes) is 2. The Morgan fingerprint density at radius 3 is 2.89 bits per heavy atom. The Kier molecular flexibility index (Phi) is 6.67. The highest BCUT2D eigenvalue weighted by Crippen LogP contribution is 2.19. The summed E-state index contributed by atoms with van der Waals surface area (Å²) in [7, 11) is 0. The molecule has 0 atom stereocenters. The molecule has 0 saturated heterocycles. The number of amides is 1. The molecule has 3 rings (SSSR count). The van der Waals surface area contributed by atoms with E-state index in [4.69, 9.17) is 11.2 Å². The summed E-state index contributed by atoms with van der Waals surface area (Å²) < 4.78 is 8.72. The number of aryl methyl sites for hydroxylation is 1. The molecule has 0 saturated carbocycles. The predicted octanol–water partition coefficient (Wildman–Crippen LogP) is 4.95. The van der Waals surface area contributed by atoms with Gasteiger partial charge in [0, 0.05) is 5.56 Å². The molecule has 28 heavy (non-hydrogen) atoms. The van der Waals surface area contributed by atoms with Gasteiger partial charge in [-0.05, 0) is 49.2 Å². The van der Waals surface area contributed by atoms with Crippen molar-refractivity contribution in [3.05, 3.63) is 58.4 Å². The summed E-state index contributed by atoms with van der Waals surface area (Å²) in [5.74, 6) is 3.05. The van der Waals surface area contributed by atoms with Gasteiger partial charge in [0.15, 0.2) is 4.80 Å². The van der Waals surface area contributed by atoms with Crippen LogP contribution in [0.4, 0.5) is 0 Å². The smallest absolute Gasteiger partial charge is 0.279 e. The number of hydrogen-bond donors (Lipinski definition) is 0. The number of hydrogen-bond acceptors (Lipinski definition) is 3. The van der Waals surface area contributed by atoms with E-state index in [0.29, 0.717) is 29.3 Å². The SMILES string of the molecule is C#CCn1c(=NC(=O)c2cccc(OCCCCC)c2)sc2cc(C)ccc21. The minimum Gasteiger partial charge on any atom is -0.494 e. The number of rotatable bonds is 7. The lowest BCUT2D eigenvalue weighted by Gasteiger charge is -2.06. The van der Waals surface area contributed by atoms with Crippen molar-refractivity contribution < 1.29 is 9.53 Å². The first-order valence-corrected chi connectivity index (χ1v) is 10.3. The fraction of sp³-hybridized carbons (Fsp3) is 0.304. The van der Waals surface area contributed by atoms with Gasteiger partial charge >= 0.3 is 0 Å². The van der Waals surface area contributed by atoms with E-state index in [1.54, 1.807) is 12.1 Å². The summed E-state index contributed by atoms with van der Waals surface area (Å²) in [4.78, 5) is 17.7.